The quantitative estimate of drug-likeness (QED) is 0.830. The maximum atomic E-state index is 6.02. The van der Waals surface area contributed by atoms with Gasteiger partial charge in [0.25, 0.3) is 0 Å². The van der Waals surface area contributed by atoms with E-state index in [0.29, 0.717) is 18.6 Å². The van der Waals surface area contributed by atoms with Gasteiger partial charge in [0.2, 0.25) is 0 Å². The highest BCUT2D eigenvalue weighted by molar-refractivity contribution is 5.31. The lowest BCUT2D eigenvalue weighted by Gasteiger charge is -2.16. The summed E-state index contributed by atoms with van der Waals surface area (Å²) < 4.78 is 11.9. The van der Waals surface area contributed by atoms with Gasteiger partial charge in [-0.15, -0.1) is 0 Å². The van der Waals surface area contributed by atoms with E-state index in [0.717, 1.165) is 31.7 Å². The van der Waals surface area contributed by atoms with Gasteiger partial charge in [0.15, 0.2) is 0 Å². The number of hydrogen-bond acceptors (Lipinski definition) is 3. The van der Waals surface area contributed by atoms with E-state index >= 15 is 0 Å². The van der Waals surface area contributed by atoms with Gasteiger partial charge in [0.1, 0.15) is 12.4 Å². The van der Waals surface area contributed by atoms with Crippen molar-refractivity contribution in [2.45, 2.75) is 45.8 Å². The van der Waals surface area contributed by atoms with Crippen LogP contribution in [0.2, 0.25) is 0 Å². The molecule has 1 fully saturated rings. The monoisotopic (exact) mass is 277 g/mol. The van der Waals surface area contributed by atoms with Crippen LogP contribution in [0.25, 0.3) is 0 Å². The summed E-state index contributed by atoms with van der Waals surface area (Å²) in [4.78, 5) is 0. The van der Waals surface area contributed by atoms with Crippen molar-refractivity contribution >= 4 is 0 Å². The molecule has 1 aromatic carbocycles. The van der Waals surface area contributed by atoms with Gasteiger partial charge in [-0.05, 0) is 43.9 Å². The number of para-hydroxylation sites is 1. The summed E-state index contributed by atoms with van der Waals surface area (Å²) in [6, 6.07) is 8.14. The lowest BCUT2D eigenvalue weighted by atomic mass is 10.2. The van der Waals surface area contributed by atoms with Crippen molar-refractivity contribution in [3.8, 4) is 5.75 Å². The second-order valence-corrected chi connectivity index (χ2v) is 6.09. The van der Waals surface area contributed by atoms with Crippen LogP contribution in [0.3, 0.4) is 0 Å². The first-order valence-corrected chi connectivity index (χ1v) is 7.69. The molecule has 1 N–H and O–H groups in total. The van der Waals surface area contributed by atoms with Crippen molar-refractivity contribution in [1.82, 2.24) is 5.32 Å². The first kappa shape index (κ1) is 15.3. The third kappa shape index (κ3) is 4.80. The minimum atomic E-state index is 0.237. The Balaban J connectivity index is 1.67. The summed E-state index contributed by atoms with van der Waals surface area (Å²) >= 11 is 0. The molecule has 3 heteroatoms. The van der Waals surface area contributed by atoms with Crippen LogP contribution in [0.1, 0.15) is 32.3 Å². The molecule has 0 spiro atoms. The Morgan fingerprint density at radius 3 is 2.75 bits per heavy atom. The molecule has 1 heterocycles. The van der Waals surface area contributed by atoms with E-state index in [1.54, 1.807) is 0 Å². The van der Waals surface area contributed by atoms with Crippen LogP contribution in [0.4, 0.5) is 0 Å². The van der Waals surface area contributed by atoms with Crippen LogP contribution in [0, 0.1) is 12.8 Å². The molecular weight excluding hydrogens is 250 g/mol. The van der Waals surface area contributed by atoms with Gasteiger partial charge in [-0.1, -0.05) is 32.0 Å². The van der Waals surface area contributed by atoms with E-state index in [1.807, 2.05) is 18.2 Å². The summed E-state index contributed by atoms with van der Waals surface area (Å²) in [5.41, 5.74) is 1.18. The molecule has 0 radical (unpaired) electrons. The number of ether oxygens (including phenoxy) is 2. The van der Waals surface area contributed by atoms with Crippen LogP contribution < -0.4 is 10.1 Å². The zero-order valence-corrected chi connectivity index (χ0v) is 12.9. The van der Waals surface area contributed by atoms with E-state index in [2.05, 4.69) is 32.2 Å². The highest BCUT2D eigenvalue weighted by atomic mass is 16.5. The predicted octanol–water partition coefficient (Wildman–Crippen LogP) is 3.17. The molecule has 0 bridgehead atoms. The number of benzene rings is 1. The smallest absolute Gasteiger partial charge is 0.122 e. The normalized spacial score (nSPS) is 22.4. The van der Waals surface area contributed by atoms with E-state index in [4.69, 9.17) is 9.47 Å². The average Bonchev–Trinajstić information content (AvgIpc) is 2.85. The van der Waals surface area contributed by atoms with E-state index in [1.165, 1.54) is 5.56 Å². The van der Waals surface area contributed by atoms with Gasteiger partial charge in [0, 0.05) is 6.54 Å². The Bertz CT molecular complexity index is 406. The Kier molecular flexibility index (Phi) is 5.86. The standard InChI is InChI=1S/C17H27NO2/c1-13(2)10-18-11-15-8-9-16(20-15)12-19-17-7-5-4-6-14(17)3/h4-7,13,15-16,18H,8-12H2,1-3H3. The van der Waals surface area contributed by atoms with Crippen LogP contribution >= 0.6 is 0 Å². The second kappa shape index (κ2) is 7.65. The second-order valence-electron chi connectivity index (χ2n) is 6.09. The zero-order chi connectivity index (χ0) is 14.4. The number of hydrogen-bond donors (Lipinski definition) is 1. The third-order valence-electron chi connectivity index (χ3n) is 3.64. The van der Waals surface area contributed by atoms with E-state index in [9.17, 15) is 0 Å². The molecule has 1 aliphatic rings. The maximum absolute atomic E-state index is 6.02. The van der Waals surface area contributed by atoms with Gasteiger partial charge in [0.05, 0.1) is 12.2 Å². The maximum Gasteiger partial charge on any atom is 0.122 e. The molecular formula is C17H27NO2. The van der Waals surface area contributed by atoms with Crippen molar-refractivity contribution in [2.75, 3.05) is 19.7 Å². The SMILES string of the molecule is Cc1ccccc1OCC1CCC(CNCC(C)C)O1. The fraction of sp³-hybridized carbons (Fsp3) is 0.647. The van der Waals surface area contributed by atoms with Crippen LogP contribution in [0.5, 0.6) is 5.75 Å². The molecule has 0 amide bonds. The minimum Gasteiger partial charge on any atom is -0.491 e. The molecule has 1 saturated heterocycles. The van der Waals surface area contributed by atoms with E-state index < -0.39 is 0 Å². The first-order valence-electron chi connectivity index (χ1n) is 7.69. The Labute approximate surface area is 122 Å². The zero-order valence-electron chi connectivity index (χ0n) is 12.9. The fourth-order valence-electron chi connectivity index (χ4n) is 2.49. The molecule has 0 saturated carbocycles. The van der Waals surface area contributed by atoms with Gasteiger partial charge >= 0.3 is 0 Å². The van der Waals surface area contributed by atoms with Gasteiger partial charge in [-0.2, -0.15) is 0 Å². The molecule has 0 aliphatic carbocycles. The molecule has 1 aromatic rings. The highest BCUT2D eigenvalue weighted by Gasteiger charge is 2.25. The summed E-state index contributed by atoms with van der Waals surface area (Å²) in [5.74, 6) is 1.66. The van der Waals surface area contributed by atoms with E-state index in [-0.39, 0.29) is 6.10 Å². The molecule has 3 nitrogen and oxygen atoms in total. The van der Waals surface area contributed by atoms with Gasteiger partial charge in [-0.3, -0.25) is 0 Å². The third-order valence-corrected chi connectivity index (χ3v) is 3.64. The fourth-order valence-corrected chi connectivity index (χ4v) is 2.49. The number of rotatable bonds is 7. The highest BCUT2D eigenvalue weighted by Crippen LogP contribution is 2.22. The summed E-state index contributed by atoms with van der Waals surface area (Å²) in [5, 5.41) is 3.46. The van der Waals surface area contributed by atoms with Crippen LogP contribution in [-0.4, -0.2) is 31.9 Å². The molecule has 20 heavy (non-hydrogen) atoms. The average molecular weight is 277 g/mol. The lowest BCUT2D eigenvalue weighted by Crippen LogP contribution is -2.30. The Morgan fingerprint density at radius 2 is 2.00 bits per heavy atom. The summed E-state index contributed by atoms with van der Waals surface area (Å²) in [6.45, 7) is 9.20. The molecule has 0 aromatic heterocycles. The largest absolute Gasteiger partial charge is 0.491 e. The predicted molar refractivity (Wildman–Crippen MR) is 82.3 cm³/mol. The van der Waals surface area contributed by atoms with Crippen LogP contribution in [0.15, 0.2) is 24.3 Å². The molecule has 1 aliphatic heterocycles. The number of nitrogens with one attached hydrogen (secondary N) is 1. The Morgan fingerprint density at radius 1 is 1.25 bits per heavy atom. The molecule has 2 rings (SSSR count). The van der Waals surface area contributed by atoms with Crippen molar-refractivity contribution in [1.29, 1.82) is 0 Å². The topological polar surface area (TPSA) is 30.5 Å². The summed E-state index contributed by atoms with van der Waals surface area (Å²) in [7, 11) is 0. The number of aryl methyl sites for hydroxylation is 1. The molecule has 2 atom stereocenters. The lowest BCUT2D eigenvalue weighted by molar-refractivity contribution is 0.0182. The van der Waals surface area contributed by atoms with Crippen molar-refractivity contribution in [2.24, 2.45) is 5.92 Å². The molecule has 2 unspecified atom stereocenters. The van der Waals surface area contributed by atoms with Crippen molar-refractivity contribution < 1.29 is 9.47 Å². The van der Waals surface area contributed by atoms with Crippen molar-refractivity contribution in [3.05, 3.63) is 29.8 Å². The van der Waals surface area contributed by atoms with Crippen molar-refractivity contribution in [3.63, 3.8) is 0 Å². The first-order chi connectivity index (χ1) is 9.65. The molecule has 112 valence electrons. The van der Waals surface area contributed by atoms with Gasteiger partial charge in [-0.25, -0.2) is 0 Å². The Hall–Kier alpha value is -1.06. The van der Waals surface area contributed by atoms with Gasteiger partial charge < -0.3 is 14.8 Å². The minimum absolute atomic E-state index is 0.237. The van der Waals surface area contributed by atoms with Crippen LogP contribution in [-0.2, 0) is 4.74 Å². The summed E-state index contributed by atoms with van der Waals surface area (Å²) in [6.07, 6.45) is 2.81.